The fourth-order valence-corrected chi connectivity index (χ4v) is 2.17. The Balaban J connectivity index is 2.89. The van der Waals surface area contributed by atoms with Crippen molar-refractivity contribution in [3.63, 3.8) is 0 Å². The van der Waals surface area contributed by atoms with Gasteiger partial charge >= 0.3 is 11.9 Å². The molecular formula is C17H24N2O5. The second-order valence-corrected chi connectivity index (χ2v) is 5.52. The third kappa shape index (κ3) is 5.66. The second-order valence-electron chi connectivity index (χ2n) is 5.52. The van der Waals surface area contributed by atoms with Gasteiger partial charge in [-0.15, -0.1) is 0 Å². The van der Waals surface area contributed by atoms with Crippen LogP contribution in [0, 0.1) is 6.92 Å². The van der Waals surface area contributed by atoms with Gasteiger partial charge in [-0.05, 0) is 39.8 Å². The number of carboxylic acids is 1. The molecule has 0 saturated heterocycles. The zero-order chi connectivity index (χ0) is 18.3. The lowest BCUT2D eigenvalue weighted by atomic mass is 10.1. The van der Waals surface area contributed by atoms with E-state index >= 15 is 0 Å². The highest BCUT2D eigenvalue weighted by Gasteiger charge is 2.27. The lowest BCUT2D eigenvalue weighted by Gasteiger charge is -2.26. The highest BCUT2D eigenvalue weighted by Crippen LogP contribution is 2.16. The van der Waals surface area contributed by atoms with Crippen molar-refractivity contribution in [1.29, 1.82) is 0 Å². The number of hydrogen-bond acceptors (Lipinski definition) is 5. The van der Waals surface area contributed by atoms with Crippen LogP contribution in [0.1, 0.15) is 26.3 Å². The van der Waals surface area contributed by atoms with Gasteiger partial charge in [-0.25, -0.2) is 0 Å². The van der Waals surface area contributed by atoms with Crippen LogP contribution < -0.4 is 10.2 Å². The van der Waals surface area contributed by atoms with E-state index in [9.17, 15) is 14.4 Å². The summed E-state index contributed by atoms with van der Waals surface area (Å²) in [6, 6.07) is 5.57. The summed E-state index contributed by atoms with van der Waals surface area (Å²) in [4.78, 5) is 36.6. The number of aryl methyl sites for hydroxylation is 1. The average molecular weight is 336 g/mol. The van der Waals surface area contributed by atoms with Crippen molar-refractivity contribution < 1.29 is 24.2 Å². The van der Waals surface area contributed by atoms with Gasteiger partial charge in [-0.2, -0.15) is 0 Å². The molecule has 1 aromatic carbocycles. The number of nitrogens with one attached hydrogen (secondary N) is 1. The Morgan fingerprint density at radius 1 is 1.17 bits per heavy atom. The number of nitrogens with zero attached hydrogens (tertiary/aromatic N) is 1. The summed E-state index contributed by atoms with van der Waals surface area (Å²) in [5.74, 6) is -2.01. The minimum Gasteiger partial charge on any atom is -0.480 e. The first-order valence-electron chi connectivity index (χ1n) is 7.78. The van der Waals surface area contributed by atoms with Crippen LogP contribution in [0.2, 0.25) is 0 Å². The summed E-state index contributed by atoms with van der Waals surface area (Å²) in [5.41, 5.74) is 1.49. The molecule has 0 bridgehead atoms. The molecule has 1 amide bonds. The molecule has 0 aliphatic carbocycles. The maximum Gasteiger partial charge on any atom is 0.323 e. The van der Waals surface area contributed by atoms with Crippen molar-refractivity contribution in [3.8, 4) is 0 Å². The number of esters is 1. The monoisotopic (exact) mass is 336 g/mol. The number of amides is 1. The quantitative estimate of drug-likeness (QED) is 0.696. The van der Waals surface area contributed by atoms with Gasteiger partial charge in [-0.3, -0.25) is 24.6 Å². The SMILES string of the molecule is CCOC(=O)C(C)N[C@@H](C)C(=O)N(CC(=O)O)c1ccc(C)cc1. The van der Waals surface area contributed by atoms with Crippen LogP contribution in [-0.2, 0) is 19.1 Å². The van der Waals surface area contributed by atoms with Crippen LogP contribution in [0.5, 0.6) is 0 Å². The fourth-order valence-electron chi connectivity index (χ4n) is 2.17. The van der Waals surface area contributed by atoms with E-state index in [0.717, 1.165) is 5.56 Å². The van der Waals surface area contributed by atoms with Crippen molar-refractivity contribution in [2.24, 2.45) is 0 Å². The van der Waals surface area contributed by atoms with E-state index < -0.39 is 36.5 Å². The Labute approximate surface area is 141 Å². The third-order valence-corrected chi connectivity index (χ3v) is 3.42. The van der Waals surface area contributed by atoms with Gasteiger partial charge < -0.3 is 9.84 Å². The molecule has 0 heterocycles. The number of carboxylic acid groups (broad SMARTS) is 1. The summed E-state index contributed by atoms with van der Waals surface area (Å²) >= 11 is 0. The summed E-state index contributed by atoms with van der Waals surface area (Å²) in [6.45, 7) is 6.57. The standard InChI is InChI=1S/C17H24N2O5/c1-5-24-17(23)13(4)18-12(3)16(22)19(10-15(20)21)14-8-6-11(2)7-9-14/h6-9,12-13,18H,5,10H2,1-4H3,(H,20,21)/t12-,13?/m0/s1. The van der Waals surface area contributed by atoms with Crippen LogP contribution in [-0.4, -0.2) is 48.2 Å². The molecule has 0 spiro atoms. The molecule has 2 atom stereocenters. The average Bonchev–Trinajstić information content (AvgIpc) is 2.52. The molecule has 1 rings (SSSR count). The van der Waals surface area contributed by atoms with Gasteiger partial charge in [0, 0.05) is 5.69 Å². The Morgan fingerprint density at radius 2 is 1.75 bits per heavy atom. The molecule has 0 fully saturated rings. The molecule has 0 saturated carbocycles. The van der Waals surface area contributed by atoms with Crippen molar-refractivity contribution in [1.82, 2.24) is 5.32 Å². The van der Waals surface area contributed by atoms with E-state index in [1.165, 1.54) is 4.90 Å². The Hall–Kier alpha value is -2.41. The van der Waals surface area contributed by atoms with Gasteiger partial charge in [0.15, 0.2) is 0 Å². The lowest BCUT2D eigenvalue weighted by Crippen LogP contribution is -2.51. The third-order valence-electron chi connectivity index (χ3n) is 3.42. The van der Waals surface area contributed by atoms with E-state index in [0.29, 0.717) is 5.69 Å². The smallest absolute Gasteiger partial charge is 0.323 e. The van der Waals surface area contributed by atoms with Crippen LogP contribution in [0.25, 0.3) is 0 Å². The number of rotatable bonds is 8. The maximum atomic E-state index is 12.6. The molecule has 2 N–H and O–H groups in total. The molecule has 0 radical (unpaired) electrons. The first-order valence-corrected chi connectivity index (χ1v) is 7.78. The predicted octanol–water partition coefficient (Wildman–Crippen LogP) is 1.34. The zero-order valence-corrected chi connectivity index (χ0v) is 14.4. The second kappa shape index (κ2) is 9.02. The van der Waals surface area contributed by atoms with Gasteiger partial charge in [-0.1, -0.05) is 17.7 Å². The minimum atomic E-state index is -1.12. The summed E-state index contributed by atoms with van der Waals surface area (Å²) in [6.07, 6.45) is 0. The van der Waals surface area contributed by atoms with Gasteiger partial charge in [0.1, 0.15) is 12.6 Å². The highest BCUT2D eigenvalue weighted by molar-refractivity contribution is 6.00. The molecule has 7 heteroatoms. The summed E-state index contributed by atoms with van der Waals surface area (Å²) < 4.78 is 4.89. The van der Waals surface area contributed by atoms with Crippen molar-refractivity contribution in [2.75, 3.05) is 18.1 Å². The molecule has 0 aromatic heterocycles. The van der Waals surface area contributed by atoms with Crippen LogP contribution in [0.15, 0.2) is 24.3 Å². The van der Waals surface area contributed by atoms with Gasteiger partial charge in [0.2, 0.25) is 5.91 Å². The van der Waals surface area contributed by atoms with Crippen LogP contribution in [0.4, 0.5) is 5.69 Å². The van der Waals surface area contributed by atoms with Crippen LogP contribution >= 0.6 is 0 Å². The van der Waals surface area contributed by atoms with E-state index in [-0.39, 0.29) is 6.61 Å². The first kappa shape index (κ1) is 19.6. The molecule has 24 heavy (non-hydrogen) atoms. The van der Waals surface area contributed by atoms with Crippen molar-refractivity contribution in [2.45, 2.75) is 39.8 Å². The Kier molecular flexibility index (Phi) is 7.38. The van der Waals surface area contributed by atoms with E-state index in [1.54, 1.807) is 45.0 Å². The summed E-state index contributed by atoms with van der Waals surface area (Å²) in [5, 5.41) is 11.9. The first-order chi connectivity index (χ1) is 11.3. The van der Waals surface area contributed by atoms with E-state index in [1.807, 2.05) is 6.92 Å². The molecule has 132 valence electrons. The van der Waals surface area contributed by atoms with Crippen LogP contribution in [0.3, 0.4) is 0 Å². The Bertz CT molecular complexity index is 585. The highest BCUT2D eigenvalue weighted by atomic mass is 16.5. The normalized spacial score (nSPS) is 13.0. The largest absolute Gasteiger partial charge is 0.480 e. The van der Waals surface area contributed by atoms with Crippen molar-refractivity contribution in [3.05, 3.63) is 29.8 Å². The molecule has 1 unspecified atom stereocenters. The molecule has 7 nitrogen and oxygen atoms in total. The maximum absolute atomic E-state index is 12.6. The fraction of sp³-hybridized carbons (Fsp3) is 0.471. The number of anilines is 1. The van der Waals surface area contributed by atoms with E-state index in [4.69, 9.17) is 9.84 Å². The molecule has 0 aliphatic heterocycles. The minimum absolute atomic E-state index is 0.252. The summed E-state index contributed by atoms with van der Waals surface area (Å²) in [7, 11) is 0. The molecule has 0 aliphatic rings. The zero-order valence-electron chi connectivity index (χ0n) is 14.4. The van der Waals surface area contributed by atoms with E-state index in [2.05, 4.69) is 5.32 Å². The number of carbonyl (C=O) groups excluding carboxylic acids is 2. The lowest BCUT2D eigenvalue weighted by molar-refractivity contribution is -0.145. The van der Waals surface area contributed by atoms with Crippen molar-refractivity contribution >= 4 is 23.5 Å². The Morgan fingerprint density at radius 3 is 2.25 bits per heavy atom. The topological polar surface area (TPSA) is 95.9 Å². The number of carbonyl (C=O) groups is 3. The van der Waals surface area contributed by atoms with Gasteiger partial charge in [0.25, 0.3) is 0 Å². The number of ether oxygens (including phenoxy) is 1. The predicted molar refractivity (Wildman–Crippen MR) is 89.9 cm³/mol. The molecule has 1 aromatic rings. The number of aliphatic carboxylic acids is 1. The van der Waals surface area contributed by atoms with Gasteiger partial charge in [0.05, 0.1) is 12.6 Å². The number of benzene rings is 1. The molecular weight excluding hydrogens is 312 g/mol. The number of hydrogen-bond donors (Lipinski definition) is 2.